The summed E-state index contributed by atoms with van der Waals surface area (Å²) in [6, 6.07) is 7.33. The second-order valence-corrected chi connectivity index (χ2v) is 9.02. The van der Waals surface area contributed by atoms with Crippen molar-refractivity contribution in [2.45, 2.75) is 31.3 Å². The van der Waals surface area contributed by atoms with Crippen molar-refractivity contribution in [3.05, 3.63) is 45.1 Å². The number of benzene rings is 1. The molecule has 8 heteroatoms. The molecule has 0 bridgehead atoms. The van der Waals surface area contributed by atoms with Crippen LogP contribution in [0.1, 0.15) is 23.8 Å². The fourth-order valence-corrected chi connectivity index (χ4v) is 5.80. The van der Waals surface area contributed by atoms with E-state index in [0.717, 1.165) is 29.7 Å². The molecule has 0 aliphatic heterocycles. The third-order valence-corrected chi connectivity index (χ3v) is 7.08. The van der Waals surface area contributed by atoms with Crippen molar-refractivity contribution < 1.29 is 9.53 Å². The number of nitrogens with two attached hydrogens (primary N) is 1. The zero-order valence-electron chi connectivity index (χ0n) is 15.7. The largest absolute Gasteiger partial charge is 0.495 e. The maximum absolute atomic E-state index is 13.6. The van der Waals surface area contributed by atoms with Gasteiger partial charge in [-0.2, -0.15) is 0 Å². The number of amides is 1. The van der Waals surface area contributed by atoms with Crippen LogP contribution < -0.4 is 16.0 Å². The minimum atomic E-state index is -0.453. The van der Waals surface area contributed by atoms with E-state index in [1.54, 1.807) is 29.1 Å². The van der Waals surface area contributed by atoms with Crippen LogP contribution in [0.3, 0.4) is 0 Å². The summed E-state index contributed by atoms with van der Waals surface area (Å²) in [5, 5.41) is 1.15. The molecule has 0 saturated heterocycles. The minimum absolute atomic E-state index is 0.0508. The number of ether oxygens (including phenoxy) is 1. The number of rotatable bonds is 5. The second kappa shape index (κ2) is 7.60. The van der Waals surface area contributed by atoms with Crippen LogP contribution in [0.4, 0.5) is 0 Å². The zero-order valence-corrected chi connectivity index (χ0v) is 17.4. The Labute approximate surface area is 170 Å². The summed E-state index contributed by atoms with van der Waals surface area (Å²) >= 11 is 2.77. The first-order valence-corrected chi connectivity index (χ1v) is 10.9. The molecule has 1 aliphatic carbocycles. The van der Waals surface area contributed by atoms with E-state index < -0.39 is 5.91 Å². The van der Waals surface area contributed by atoms with Gasteiger partial charge in [-0.15, -0.1) is 11.3 Å². The Hall–Kier alpha value is -2.32. The molecule has 0 unspecified atom stereocenters. The highest BCUT2D eigenvalue weighted by Crippen LogP contribution is 2.37. The lowest BCUT2D eigenvalue weighted by Crippen LogP contribution is -2.24. The van der Waals surface area contributed by atoms with E-state index in [1.165, 1.54) is 16.6 Å². The molecule has 0 radical (unpaired) electrons. The van der Waals surface area contributed by atoms with Crippen LogP contribution in [0.15, 0.2) is 34.2 Å². The standard InChI is InChI=1S/C20H21N3O3S2/c1-11-7-8-12-15(9-11)28-18-17(12)19(25)23(20(22-18)27-10-16(21)24)13-5-3-4-6-14(13)26-2/h3-6,11H,7-10H2,1-2H3,(H2,21,24)/t11-/m0/s1. The zero-order chi connectivity index (χ0) is 19.8. The first kappa shape index (κ1) is 19.0. The van der Waals surface area contributed by atoms with Crippen LogP contribution in [-0.2, 0) is 17.6 Å². The molecule has 146 valence electrons. The van der Waals surface area contributed by atoms with Gasteiger partial charge in [0.05, 0.1) is 23.9 Å². The molecule has 2 N–H and O–H groups in total. The van der Waals surface area contributed by atoms with E-state index in [2.05, 4.69) is 6.92 Å². The molecule has 28 heavy (non-hydrogen) atoms. The molecule has 0 spiro atoms. The van der Waals surface area contributed by atoms with Crippen molar-refractivity contribution in [3.63, 3.8) is 0 Å². The van der Waals surface area contributed by atoms with Crippen LogP contribution in [0.25, 0.3) is 15.9 Å². The Morgan fingerprint density at radius 2 is 2.21 bits per heavy atom. The van der Waals surface area contributed by atoms with Crippen molar-refractivity contribution in [2.24, 2.45) is 11.7 Å². The highest BCUT2D eigenvalue weighted by molar-refractivity contribution is 7.99. The number of aromatic nitrogens is 2. The van der Waals surface area contributed by atoms with E-state index in [9.17, 15) is 9.59 Å². The van der Waals surface area contributed by atoms with Gasteiger partial charge in [-0.05, 0) is 42.9 Å². The first-order valence-electron chi connectivity index (χ1n) is 9.11. The Morgan fingerprint density at radius 3 is 2.96 bits per heavy atom. The topological polar surface area (TPSA) is 87.2 Å². The lowest BCUT2D eigenvalue weighted by molar-refractivity contribution is -0.115. The highest BCUT2D eigenvalue weighted by atomic mass is 32.2. The van der Waals surface area contributed by atoms with E-state index in [1.807, 2.05) is 18.2 Å². The van der Waals surface area contributed by atoms with Gasteiger partial charge in [0, 0.05) is 4.88 Å². The smallest absolute Gasteiger partial charge is 0.267 e. The number of hydrogen-bond acceptors (Lipinski definition) is 6. The number of aryl methyl sites for hydroxylation is 1. The number of hydrogen-bond donors (Lipinski definition) is 1. The molecule has 6 nitrogen and oxygen atoms in total. The normalized spacial score (nSPS) is 16.1. The van der Waals surface area contributed by atoms with Crippen molar-refractivity contribution in [1.29, 1.82) is 0 Å². The quantitative estimate of drug-likeness (QED) is 0.511. The number of methoxy groups -OCH3 is 1. The summed E-state index contributed by atoms with van der Waals surface area (Å²) < 4.78 is 7.03. The molecule has 0 fully saturated rings. The van der Waals surface area contributed by atoms with Crippen LogP contribution in [0.5, 0.6) is 5.75 Å². The van der Waals surface area contributed by atoms with Gasteiger partial charge < -0.3 is 10.5 Å². The van der Waals surface area contributed by atoms with E-state index in [0.29, 0.717) is 27.9 Å². The summed E-state index contributed by atoms with van der Waals surface area (Å²) in [4.78, 5) is 31.7. The van der Waals surface area contributed by atoms with Crippen molar-refractivity contribution in [3.8, 4) is 11.4 Å². The maximum Gasteiger partial charge on any atom is 0.267 e. The number of para-hydroxylation sites is 2. The number of carbonyl (C=O) groups excluding carboxylic acids is 1. The number of fused-ring (bicyclic) bond motifs is 3. The highest BCUT2D eigenvalue weighted by Gasteiger charge is 2.26. The average Bonchev–Trinajstić information content (AvgIpc) is 3.03. The predicted molar refractivity (Wildman–Crippen MR) is 113 cm³/mol. The lowest BCUT2D eigenvalue weighted by Gasteiger charge is -2.18. The van der Waals surface area contributed by atoms with Crippen LogP contribution in [-0.4, -0.2) is 28.3 Å². The van der Waals surface area contributed by atoms with E-state index in [4.69, 9.17) is 15.5 Å². The summed E-state index contributed by atoms with van der Waals surface area (Å²) in [5.74, 6) is 0.783. The second-order valence-electron chi connectivity index (χ2n) is 6.99. The molecule has 2 aromatic heterocycles. The number of nitrogens with zero attached hydrogens (tertiary/aromatic N) is 2. The van der Waals surface area contributed by atoms with Gasteiger partial charge >= 0.3 is 0 Å². The minimum Gasteiger partial charge on any atom is -0.495 e. The summed E-state index contributed by atoms with van der Waals surface area (Å²) in [6.07, 6.45) is 2.95. The first-order chi connectivity index (χ1) is 13.5. The fraction of sp³-hybridized carbons (Fsp3) is 0.350. The molecule has 1 amide bonds. The average molecular weight is 416 g/mol. The van der Waals surface area contributed by atoms with Gasteiger partial charge in [0.25, 0.3) is 5.56 Å². The lowest BCUT2D eigenvalue weighted by atomic mass is 9.89. The molecule has 2 heterocycles. The van der Waals surface area contributed by atoms with Crippen molar-refractivity contribution >= 4 is 39.2 Å². The van der Waals surface area contributed by atoms with Crippen LogP contribution in [0, 0.1) is 5.92 Å². The molecule has 1 aromatic carbocycles. The third-order valence-electron chi connectivity index (χ3n) is 4.97. The Bertz CT molecular complexity index is 1120. The SMILES string of the molecule is COc1ccccc1-n1c(SCC(N)=O)nc2sc3c(c2c1=O)CC[C@H](C)C3. The molecule has 0 saturated carbocycles. The molecule has 3 aromatic rings. The monoisotopic (exact) mass is 415 g/mol. The number of primary amides is 1. The third kappa shape index (κ3) is 3.31. The summed E-state index contributed by atoms with van der Waals surface area (Å²) in [7, 11) is 1.57. The molecule has 1 aliphatic rings. The number of thiophene rings is 1. The predicted octanol–water partition coefficient (Wildman–Crippen LogP) is 3.16. The van der Waals surface area contributed by atoms with Crippen LogP contribution in [0.2, 0.25) is 0 Å². The molecular formula is C20H21N3O3S2. The Kier molecular flexibility index (Phi) is 5.16. The fourth-order valence-electron chi connectivity index (χ4n) is 3.63. The van der Waals surface area contributed by atoms with Gasteiger partial charge in [0.15, 0.2) is 5.16 Å². The van der Waals surface area contributed by atoms with E-state index >= 15 is 0 Å². The maximum atomic E-state index is 13.6. The van der Waals surface area contributed by atoms with Crippen molar-refractivity contribution in [2.75, 3.05) is 12.9 Å². The molecule has 1 atom stereocenters. The van der Waals surface area contributed by atoms with Crippen molar-refractivity contribution in [1.82, 2.24) is 9.55 Å². The van der Waals surface area contributed by atoms with Gasteiger partial charge in [0.2, 0.25) is 5.91 Å². The van der Waals surface area contributed by atoms with Crippen LogP contribution >= 0.6 is 23.1 Å². The molecular weight excluding hydrogens is 394 g/mol. The van der Waals surface area contributed by atoms with Gasteiger partial charge in [-0.25, -0.2) is 4.98 Å². The number of thioether (sulfide) groups is 1. The number of carbonyl (C=O) groups is 1. The Morgan fingerprint density at radius 1 is 1.43 bits per heavy atom. The molecule has 4 rings (SSSR count). The summed E-state index contributed by atoms with van der Waals surface area (Å²) in [6.45, 7) is 2.24. The van der Waals surface area contributed by atoms with Gasteiger partial charge in [-0.3, -0.25) is 14.2 Å². The Balaban J connectivity index is 2.00. The van der Waals surface area contributed by atoms with E-state index in [-0.39, 0.29) is 11.3 Å². The van der Waals surface area contributed by atoms with Gasteiger partial charge in [-0.1, -0.05) is 30.8 Å². The van der Waals surface area contributed by atoms with Gasteiger partial charge in [0.1, 0.15) is 10.6 Å². The summed E-state index contributed by atoms with van der Waals surface area (Å²) in [5.41, 5.74) is 6.96.